The molecule has 5 nitrogen and oxygen atoms in total. The van der Waals surface area contributed by atoms with Crippen LogP contribution >= 0.6 is 11.3 Å². The lowest BCUT2D eigenvalue weighted by Crippen LogP contribution is -2.38. The lowest BCUT2D eigenvalue weighted by Gasteiger charge is -2.31. The fourth-order valence-corrected chi connectivity index (χ4v) is 5.97. The third kappa shape index (κ3) is 3.93. The van der Waals surface area contributed by atoms with Crippen LogP contribution in [0, 0.1) is 6.92 Å². The molecule has 0 unspecified atom stereocenters. The predicted molar refractivity (Wildman–Crippen MR) is 139 cm³/mol. The molecule has 5 aromatic rings. The van der Waals surface area contributed by atoms with Crippen molar-refractivity contribution < 1.29 is 0 Å². The van der Waals surface area contributed by atoms with Gasteiger partial charge in [0, 0.05) is 30.0 Å². The molecule has 34 heavy (non-hydrogen) atoms. The monoisotopic (exact) mass is 466 g/mol. The highest BCUT2D eigenvalue weighted by atomic mass is 32.1. The number of hydrogen-bond donors (Lipinski definition) is 0. The number of fused-ring (bicyclic) bond motifs is 2. The second kappa shape index (κ2) is 8.78. The third-order valence-electron chi connectivity index (χ3n) is 6.77. The molecular weight excluding hydrogens is 440 g/mol. The largest absolute Gasteiger partial charge is 0.284 e. The van der Waals surface area contributed by atoms with E-state index in [9.17, 15) is 4.79 Å². The maximum atomic E-state index is 13.3. The summed E-state index contributed by atoms with van der Waals surface area (Å²) < 4.78 is 2.91. The summed E-state index contributed by atoms with van der Waals surface area (Å²) in [5, 5.41) is 7.72. The Balaban J connectivity index is 1.26. The van der Waals surface area contributed by atoms with Gasteiger partial charge in [0.2, 0.25) is 0 Å². The van der Waals surface area contributed by atoms with Gasteiger partial charge in [0.15, 0.2) is 0 Å². The standard InChI is InChI=1S/C28H26N4OS/c1-19-10-12-20(13-11-19)26-22-6-2-3-7-23(22)28(33)32(30-26)18-31-16-14-21(15-17-31)27-29-24-8-4-5-9-25(24)34-27/h2-13,21H,14-18H2,1H3. The van der Waals surface area contributed by atoms with E-state index in [0.29, 0.717) is 12.6 Å². The number of rotatable bonds is 4. The normalized spacial score (nSPS) is 15.3. The predicted octanol–water partition coefficient (Wildman–Crippen LogP) is 5.82. The van der Waals surface area contributed by atoms with Crippen LogP contribution in [0.3, 0.4) is 0 Å². The Kier molecular flexibility index (Phi) is 5.47. The second-order valence-corrected chi connectivity index (χ2v) is 10.2. The fourth-order valence-electron chi connectivity index (χ4n) is 4.83. The van der Waals surface area contributed by atoms with Crippen LogP contribution in [0.5, 0.6) is 0 Å². The van der Waals surface area contributed by atoms with Crippen molar-refractivity contribution in [2.75, 3.05) is 13.1 Å². The quantitative estimate of drug-likeness (QED) is 0.335. The molecule has 1 aliphatic rings. The summed E-state index contributed by atoms with van der Waals surface area (Å²) in [5.41, 5.74) is 4.17. The Bertz CT molecular complexity index is 1500. The number of aromatic nitrogens is 3. The molecule has 2 aromatic heterocycles. The van der Waals surface area contributed by atoms with Gasteiger partial charge in [-0.3, -0.25) is 9.69 Å². The molecule has 0 amide bonds. The van der Waals surface area contributed by atoms with E-state index in [4.69, 9.17) is 10.1 Å². The zero-order chi connectivity index (χ0) is 23.1. The maximum absolute atomic E-state index is 13.3. The smallest absolute Gasteiger partial charge is 0.275 e. The van der Waals surface area contributed by atoms with Crippen LogP contribution in [0.25, 0.3) is 32.2 Å². The Morgan fingerprint density at radius 3 is 2.38 bits per heavy atom. The minimum Gasteiger partial charge on any atom is -0.284 e. The molecule has 0 N–H and O–H groups in total. The first-order valence-corrected chi connectivity index (χ1v) is 12.6. The van der Waals surface area contributed by atoms with Gasteiger partial charge in [-0.15, -0.1) is 11.3 Å². The first-order chi connectivity index (χ1) is 16.7. The van der Waals surface area contributed by atoms with Gasteiger partial charge in [0.1, 0.15) is 0 Å². The van der Waals surface area contributed by atoms with Crippen molar-refractivity contribution in [2.24, 2.45) is 0 Å². The fraction of sp³-hybridized carbons (Fsp3) is 0.250. The molecule has 1 fully saturated rings. The molecule has 170 valence electrons. The SMILES string of the molecule is Cc1ccc(-c2nn(CN3CCC(c4nc5ccccc5s4)CC3)c(=O)c3ccccc23)cc1. The summed E-state index contributed by atoms with van der Waals surface area (Å²) >= 11 is 1.82. The van der Waals surface area contributed by atoms with Crippen LogP contribution in [0.1, 0.15) is 29.3 Å². The van der Waals surface area contributed by atoms with Crippen LogP contribution in [0.4, 0.5) is 0 Å². The van der Waals surface area contributed by atoms with Gasteiger partial charge in [-0.1, -0.05) is 60.2 Å². The van der Waals surface area contributed by atoms with Crippen LogP contribution in [-0.2, 0) is 6.67 Å². The number of benzene rings is 3. The molecule has 6 rings (SSSR count). The van der Waals surface area contributed by atoms with Crippen molar-refractivity contribution in [1.29, 1.82) is 0 Å². The maximum Gasteiger partial charge on any atom is 0.275 e. The van der Waals surface area contributed by atoms with Crippen LogP contribution in [0.2, 0.25) is 0 Å². The Morgan fingerprint density at radius 1 is 0.912 bits per heavy atom. The molecule has 3 aromatic carbocycles. The number of para-hydroxylation sites is 1. The van der Waals surface area contributed by atoms with Gasteiger partial charge in [-0.25, -0.2) is 9.67 Å². The highest BCUT2D eigenvalue weighted by Crippen LogP contribution is 2.34. The highest BCUT2D eigenvalue weighted by Gasteiger charge is 2.24. The van der Waals surface area contributed by atoms with Crippen LogP contribution in [-0.4, -0.2) is 32.8 Å². The van der Waals surface area contributed by atoms with Gasteiger partial charge >= 0.3 is 0 Å². The van der Waals surface area contributed by atoms with E-state index in [1.54, 1.807) is 4.68 Å². The van der Waals surface area contributed by atoms with Crippen LogP contribution in [0.15, 0.2) is 77.6 Å². The number of piperidine rings is 1. The molecule has 6 heteroatoms. The molecule has 1 aliphatic heterocycles. The van der Waals surface area contributed by atoms with E-state index in [0.717, 1.165) is 53.5 Å². The molecule has 0 spiro atoms. The summed E-state index contributed by atoms with van der Waals surface area (Å²) in [6.07, 6.45) is 2.10. The number of aryl methyl sites for hydroxylation is 1. The molecule has 0 radical (unpaired) electrons. The van der Waals surface area contributed by atoms with Crippen molar-refractivity contribution in [3.8, 4) is 11.3 Å². The first-order valence-electron chi connectivity index (χ1n) is 11.8. The summed E-state index contributed by atoms with van der Waals surface area (Å²) in [4.78, 5) is 20.5. The van der Waals surface area contributed by atoms with E-state index in [2.05, 4.69) is 54.3 Å². The van der Waals surface area contributed by atoms with E-state index in [1.807, 2.05) is 41.7 Å². The molecule has 0 saturated carbocycles. The van der Waals surface area contributed by atoms with Crippen molar-refractivity contribution in [3.05, 3.63) is 93.7 Å². The van der Waals surface area contributed by atoms with Crippen molar-refractivity contribution in [1.82, 2.24) is 19.7 Å². The number of likely N-dealkylation sites (tertiary alicyclic amines) is 1. The van der Waals surface area contributed by atoms with Crippen molar-refractivity contribution in [3.63, 3.8) is 0 Å². The highest BCUT2D eigenvalue weighted by molar-refractivity contribution is 7.18. The van der Waals surface area contributed by atoms with E-state index in [-0.39, 0.29) is 5.56 Å². The Hall–Kier alpha value is -3.35. The molecule has 0 atom stereocenters. The van der Waals surface area contributed by atoms with E-state index in [1.165, 1.54) is 15.3 Å². The van der Waals surface area contributed by atoms with Gasteiger partial charge in [0.25, 0.3) is 5.56 Å². The Labute approximate surface area is 202 Å². The zero-order valence-corrected chi connectivity index (χ0v) is 20.0. The van der Waals surface area contributed by atoms with Crippen LogP contribution < -0.4 is 5.56 Å². The lowest BCUT2D eigenvalue weighted by atomic mass is 9.98. The number of thiazole rings is 1. The summed E-state index contributed by atoms with van der Waals surface area (Å²) in [7, 11) is 0. The summed E-state index contributed by atoms with van der Waals surface area (Å²) in [5.74, 6) is 0.484. The third-order valence-corrected chi connectivity index (χ3v) is 7.97. The first kappa shape index (κ1) is 21.2. The second-order valence-electron chi connectivity index (χ2n) is 9.12. The average molecular weight is 467 g/mol. The number of hydrogen-bond acceptors (Lipinski definition) is 5. The summed E-state index contributed by atoms with van der Waals surface area (Å²) in [6, 6.07) is 24.5. The summed E-state index contributed by atoms with van der Waals surface area (Å²) in [6.45, 7) is 4.45. The lowest BCUT2D eigenvalue weighted by molar-refractivity contribution is 0.159. The van der Waals surface area contributed by atoms with Gasteiger partial charge in [-0.2, -0.15) is 5.10 Å². The molecule has 0 aliphatic carbocycles. The molecule has 1 saturated heterocycles. The topological polar surface area (TPSA) is 51.0 Å². The van der Waals surface area contributed by atoms with Crippen molar-refractivity contribution >= 4 is 32.3 Å². The molecule has 3 heterocycles. The molecular formula is C28H26N4OS. The average Bonchev–Trinajstić information content (AvgIpc) is 3.31. The van der Waals surface area contributed by atoms with E-state index < -0.39 is 0 Å². The minimum atomic E-state index is -0.0280. The van der Waals surface area contributed by atoms with Crippen molar-refractivity contribution in [2.45, 2.75) is 32.4 Å². The Morgan fingerprint density at radius 2 is 1.62 bits per heavy atom. The van der Waals surface area contributed by atoms with Gasteiger partial charge in [-0.05, 0) is 38.0 Å². The minimum absolute atomic E-state index is 0.0280. The zero-order valence-electron chi connectivity index (χ0n) is 19.1. The molecule has 0 bridgehead atoms. The number of nitrogens with zero attached hydrogens (tertiary/aromatic N) is 4. The van der Waals surface area contributed by atoms with E-state index >= 15 is 0 Å². The van der Waals surface area contributed by atoms with Gasteiger partial charge < -0.3 is 0 Å². The van der Waals surface area contributed by atoms with Gasteiger partial charge in [0.05, 0.1) is 33.0 Å².